The van der Waals surface area contributed by atoms with Crippen molar-refractivity contribution in [3.63, 3.8) is 0 Å². The first-order chi connectivity index (χ1) is 5.16. The molecule has 1 atom stereocenters. The van der Waals surface area contributed by atoms with E-state index in [0.717, 1.165) is 12.8 Å². The molecule has 0 radical (unpaired) electrons. The molecular weight excluding hydrogens is 146 g/mol. The molecule has 4 heteroatoms. The average molecular weight is 161 g/mol. The van der Waals surface area contributed by atoms with Crippen LogP contribution in [-0.4, -0.2) is 28.8 Å². The lowest BCUT2D eigenvalue weighted by atomic mass is 10.1. The first kappa shape index (κ1) is 10.4. The van der Waals surface area contributed by atoms with Crippen LogP contribution in [-0.2, 0) is 4.79 Å². The zero-order valence-electron chi connectivity index (χ0n) is 6.49. The quantitative estimate of drug-likeness (QED) is 0.477. The Morgan fingerprint density at radius 1 is 1.45 bits per heavy atom. The monoisotopic (exact) mass is 161 g/mol. The summed E-state index contributed by atoms with van der Waals surface area (Å²) in [4.78, 5) is 10.1. The van der Waals surface area contributed by atoms with Crippen molar-refractivity contribution in [2.75, 3.05) is 6.54 Å². The minimum atomic E-state index is -0.953. The summed E-state index contributed by atoms with van der Waals surface area (Å²) in [5.74, 6) is -0.953. The van der Waals surface area contributed by atoms with Crippen molar-refractivity contribution in [2.45, 2.75) is 31.8 Å². The molecule has 4 N–H and O–H groups in total. The standard InChI is InChI=1S/C7H15NO3/c8-4-2-1-3-6(9)5-7(10)11/h6,9H,1-5,8H2,(H,10,11)/t6-/m0/s1. The number of carbonyl (C=O) groups is 1. The van der Waals surface area contributed by atoms with Gasteiger partial charge in [0.05, 0.1) is 12.5 Å². The van der Waals surface area contributed by atoms with Gasteiger partial charge in [-0.05, 0) is 25.8 Å². The van der Waals surface area contributed by atoms with Crippen molar-refractivity contribution < 1.29 is 15.0 Å². The number of hydrogen-bond donors (Lipinski definition) is 3. The fraction of sp³-hybridized carbons (Fsp3) is 0.857. The summed E-state index contributed by atoms with van der Waals surface area (Å²) in [7, 11) is 0. The summed E-state index contributed by atoms with van der Waals surface area (Å²) < 4.78 is 0. The first-order valence-corrected chi connectivity index (χ1v) is 3.76. The van der Waals surface area contributed by atoms with Crippen molar-refractivity contribution in [3.05, 3.63) is 0 Å². The van der Waals surface area contributed by atoms with Gasteiger partial charge in [-0.3, -0.25) is 4.79 Å². The van der Waals surface area contributed by atoms with Crippen LogP contribution in [0.3, 0.4) is 0 Å². The SMILES string of the molecule is NCCCC[C@H](O)CC(=O)O. The second kappa shape index (κ2) is 6.12. The number of carboxylic acid groups (broad SMARTS) is 1. The van der Waals surface area contributed by atoms with Gasteiger partial charge in [0.2, 0.25) is 0 Å². The van der Waals surface area contributed by atoms with Crippen molar-refractivity contribution in [1.82, 2.24) is 0 Å². The van der Waals surface area contributed by atoms with Crippen LogP contribution in [0.15, 0.2) is 0 Å². The van der Waals surface area contributed by atoms with Gasteiger partial charge in [0.15, 0.2) is 0 Å². The zero-order valence-corrected chi connectivity index (χ0v) is 6.49. The van der Waals surface area contributed by atoms with E-state index >= 15 is 0 Å². The van der Waals surface area contributed by atoms with E-state index in [0.29, 0.717) is 13.0 Å². The van der Waals surface area contributed by atoms with Gasteiger partial charge in [-0.15, -0.1) is 0 Å². The minimum Gasteiger partial charge on any atom is -0.481 e. The Kier molecular flexibility index (Phi) is 5.78. The summed E-state index contributed by atoms with van der Waals surface area (Å²) in [5, 5.41) is 17.3. The fourth-order valence-electron chi connectivity index (χ4n) is 0.828. The highest BCUT2D eigenvalue weighted by Gasteiger charge is 2.07. The molecule has 0 saturated heterocycles. The van der Waals surface area contributed by atoms with Crippen LogP contribution in [0.25, 0.3) is 0 Å². The third kappa shape index (κ3) is 7.29. The average Bonchev–Trinajstić information content (AvgIpc) is 1.86. The maximum atomic E-state index is 10.1. The van der Waals surface area contributed by atoms with Gasteiger partial charge >= 0.3 is 5.97 Å². The third-order valence-electron chi connectivity index (χ3n) is 1.40. The molecule has 0 spiro atoms. The maximum absolute atomic E-state index is 10.1. The topological polar surface area (TPSA) is 83.5 Å². The van der Waals surface area contributed by atoms with Gasteiger partial charge in [-0.25, -0.2) is 0 Å². The highest BCUT2D eigenvalue weighted by molar-refractivity contribution is 5.67. The fourth-order valence-corrected chi connectivity index (χ4v) is 0.828. The molecule has 0 aromatic carbocycles. The van der Waals surface area contributed by atoms with Crippen molar-refractivity contribution in [2.24, 2.45) is 5.73 Å². The second-order valence-corrected chi connectivity index (χ2v) is 2.54. The molecule has 0 amide bonds. The van der Waals surface area contributed by atoms with E-state index in [4.69, 9.17) is 15.9 Å². The largest absolute Gasteiger partial charge is 0.481 e. The van der Waals surface area contributed by atoms with E-state index in [-0.39, 0.29) is 6.42 Å². The third-order valence-corrected chi connectivity index (χ3v) is 1.40. The molecule has 0 aliphatic rings. The summed E-state index contributed by atoms with van der Waals surface area (Å²) in [6, 6.07) is 0. The summed E-state index contributed by atoms with van der Waals surface area (Å²) in [6.07, 6.45) is 1.30. The van der Waals surface area contributed by atoms with Crippen LogP contribution in [0, 0.1) is 0 Å². The van der Waals surface area contributed by atoms with Crippen LogP contribution < -0.4 is 5.73 Å². The Labute approximate surface area is 66.0 Å². The number of aliphatic carboxylic acids is 1. The molecule has 0 fully saturated rings. The summed E-state index contributed by atoms with van der Waals surface area (Å²) in [6.45, 7) is 0.597. The molecule has 0 bridgehead atoms. The van der Waals surface area contributed by atoms with Gasteiger partial charge in [-0.1, -0.05) is 0 Å². The molecular formula is C7H15NO3. The number of unbranched alkanes of at least 4 members (excludes halogenated alkanes) is 1. The van der Waals surface area contributed by atoms with Gasteiger partial charge in [0, 0.05) is 0 Å². The molecule has 11 heavy (non-hydrogen) atoms. The normalized spacial score (nSPS) is 12.9. The van der Waals surface area contributed by atoms with Crippen molar-refractivity contribution in [1.29, 1.82) is 0 Å². The van der Waals surface area contributed by atoms with Crippen LogP contribution >= 0.6 is 0 Å². The van der Waals surface area contributed by atoms with Crippen LogP contribution in [0.1, 0.15) is 25.7 Å². The van der Waals surface area contributed by atoms with E-state index in [9.17, 15) is 4.79 Å². The number of hydrogen-bond acceptors (Lipinski definition) is 3. The number of nitrogens with two attached hydrogens (primary N) is 1. The number of rotatable bonds is 6. The van der Waals surface area contributed by atoms with Gasteiger partial charge < -0.3 is 15.9 Å². The van der Waals surface area contributed by atoms with Gasteiger partial charge in [0.25, 0.3) is 0 Å². The van der Waals surface area contributed by atoms with E-state index in [1.165, 1.54) is 0 Å². The molecule has 66 valence electrons. The molecule has 0 aliphatic carbocycles. The van der Waals surface area contributed by atoms with E-state index in [1.54, 1.807) is 0 Å². The Bertz CT molecular complexity index is 116. The minimum absolute atomic E-state index is 0.162. The molecule has 0 aromatic heterocycles. The molecule has 0 heterocycles. The smallest absolute Gasteiger partial charge is 0.305 e. The molecule has 0 unspecified atom stereocenters. The lowest BCUT2D eigenvalue weighted by Crippen LogP contribution is -2.13. The zero-order chi connectivity index (χ0) is 8.69. The molecule has 0 aliphatic heterocycles. The van der Waals surface area contributed by atoms with Gasteiger partial charge in [0.1, 0.15) is 0 Å². The summed E-state index contributed by atoms with van der Waals surface area (Å²) in [5.41, 5.74) is 5.22. The Morgan fingerprint density at radius 2 is 2.09 bits per heavy atom. The highest BCUT2D eigenvalue weighted by Crippen LogP contribution is 2.03. The van der Waals surface area contributed by atoms with Crippen LogP contribution in [0.4, 0.5) is 0 Å². The first-order valence-electron chi connectivity index (χ1n) is 3.76. The number of carboxylic acids is 1. The number of aliphatic hydroxyl groups excluding tert-OH is 1. The highest BCUT2D eigenvalue weighted by atomic mass is 16.4. The number of aliphatic hydroxyl groups is 1. The van der Waals surface area contributed by atoms with Crippen molar-refractivity contribution >= 4 is 5.97 Å². The molecule has 0 rings (SSSR count). The Morgan fingerprint density at radius 3 is 2.55 bits per heavy atom. The second-order valence-electron chi connectivity index (χ2n) is 2.54. The molecule has 0 saturated carbocycles. The predicted molar refractivity (Wildman–Crippen MR) is 41.2 cm³/mol. The molecule has 0 aromatic rings. The summed E-state index contributed by atoms with van der Waals surface area (Å²) >= 11 is 0. The van der Waals surface area contributed by atoms with E-state index < -0.39 is 12.1 Å². The Hall–Kier alpha value is -0.610. The van der Waals surface area contributed by atoms with Crippen LogP contribution in [0.5, 0.6) is 0 Å². The molecule has 4 nitrogen and oxygen atoms in total. The van der Waals surface area contributed by atoms with Gasteiger partial charge in [-0.2, -0.15) is 0 Å². The lowest BCUT2D eigenvalue weighted by Gasteiger charge is -2.05. The lowest BCUT2D eigenvalue weighted by molar-refractivity contribution is -0.139. The predicted octanol–water partition coefficient (Wildman–Crippen LogP) is -0.0490. The Balaban J connectivity index is 3.22. The van der Waals surface area contributed by atoms with E-state index in [1.807, 2.05) is 0 Å². The van der Waals surface area contributed by atoms with Crippen LogP contribution in [0.2, 0.25) is 0 Å². The van der Waals surface area contributed by atoms with Crippen molar-refractivity contribution in [3.8, 4) is 0 Å². The van der Waals surface area contributed by atoms with E-state index in [2.05, 4.69) is 0 Å². The maximum Gasteiger partial charge on any atom is 0.305 e.